The molecule has 0 radical (unpaired) electrons. The van der Waals surface area contributed by atoms with Crippen molar-refractivity contribution in [3.05, 3.63) is 30.1 Å². The van der Waals surface area contributed by atoms with Crippen molar-refractivity contribution < 1.29 is 12.8 Å². The Balaban J connectivity index is 2.92. The van der Waals surface area contributed by atoms with Crippen LogP contribution in [0.3, 0.4) is 0 Å². The minimum Gasteiger partial charge on any atom is -0.224 e. The third-order valence-corrected chi connectivity index (χ3v) is 5.44. The van der Waals surface area contributed by atoms with Crippen LogP contribution in [-0.2, 0) is 9.84 Å². The molecule has 0 saturated heterocycles. The number of hydrogen-bond acceptors (Lipinski definition) is 2. The Kier molecular flexibility index (Phi) is 5.13. The van der Waals surface area contributed by atoms with E-state index in [-0.39, 0.29) is 22.5 Å². The largest absolute Gasteiger partial charge is 0.224 e. The van der Waals surface area contributed by atoms with E-state index in [1.165, 1.54) is 24.3 Å². The second-order valence-corrected chi connectivity index (χ2v) is 7.08. The van der Waals surface area contributed by atoms with Gasteiger partial charge < -0.3 is 0 Å². The van der Waals surface area contributed by atoms with Gasteiger partial charge in [-0.1, -0.05) is 29.8 Å². The standard InChI is InChI=1S/C12H16BrFO2S/c1-9(2)10(7-13)8-17(15,16)12-5-3-11(14)4-6-12/h3-6,9-10H,7-8H2,1-2H3. The van der Waals surface area contributed by atoms with Crippen LogP contribution >= 0.6 is 15.9 Å². The zero-order valence-electron chi connectivity index (χ0n) is 9.86. The monoisotopic (exact) mass is 322 g/mol. The van der Waals surface area contributed by atoms with Gasteiger partial charge in [0.05, 0.1) is 10.6 Å². The third-order valence-electron chi connectivity index (χ3n) is 2.75. The smallest absolute Gasteiger partial charge is 0.178 e. The minimum atomic E-state index is -3.33. The Morgan fingerprint density at radius 1 is 1.24 bits per heavy atom. The summed E-state index contributed by atoms with van der Waals surface area (Å²) >= 11 is 3.33. The van der Waals surface area contributed by atoms with E-state index >= 15 is 0 Å². The molecule has 1 aromatic carbocycles. The van der Waals surface area contributed by atoms with Crippen molar-refractivity contribution in [3.8, 4) is 0 Å². The summed E-state index contributed by atoms with van der Waals surface area (Å²) in [5, 5.41) is 0.644. The fraction of sp³-hybridized carbons (Fsp3) is 0.500. The molecule has 96 valence electrons. The first-order valence-corrected chi connectivity index (χ1v) is 8.18. The number of halogens is 2. The molecular formula is C12H16BrFO2S. The van der Waals surface area contributed by atoms with Crippen molar-refractivity contribution in [2.24, 2.45) is 11.8 Å². The maximum absolute atomic E-state index is 12.7. The van der Waals surface area contributed by atoms with Gasteiger partial charge in [-0.3, -0.25) is 0 Å². The highest BCUT2D eigenvalue weighted by atomic mass is 79.9. The van der Waals surface area contributed by atoms with Crippen LogP contribution in [0.5, 0.6) is 0 Å². The van der Waals surface area contributed by atoms with Gasteiger partial charge in [0.1, 0.15) is 5.82 Å². The fourth-order valence-corrected chi connectivity index (χ4v) is 4.52. The average Bonchev–Trinajstić information content (AvgIpc) is 2.26. The van der Waals surface area contributed by atoms with Crippen LogP contribution in [0.1, 0.15) is 13.8 Å². The van der Waals surface area contributed by atoms with E-state index in [4.69, 9.17) is 0 Å². The van der Waals surface area contributed by atoms with E-state index in [0.717, 1.165) is 0 Å². The van der Waals surface area contributed by atoms with E-state index in [2.05, 4.69) is 15.9 Å². The van der Waals surface area contributed by atoms with Crippen molar-refractivity contribution in [3.63, 3.8) is 0 Å². The van der Waals surface area contributed by atoms with Crippen LogP contribution < -0.4 is 0 Å². The molecule has 0 saturated carbocycles. The molecule has 1 unspecified atom stereocenters. The Hall–Kier alpha value is -0.420. The van der Waals surface area contributed by atoms with Gasteiger partial charge in [-0.15, -0.1) is 0 Å². The van der Waals surface area contributed by atoms with Crippen LogP contribution in [0.25, 0.3) is 0 Å². The second-order valence-electron chi connectivity index (χ2n) is 4.39. The maximum Gasteiger partial charge on any atom is 0.178 e. The van der Waals surface area contributed by atoms with Crippen molar-refractivity contribution in [1.82, 2.24) is 0 Å². The molecule has 0 aromatic heterocycles. The first kappa shape index (κ1) is 14.6. The lowest BCUT2D eigenvalue weighted by Gasteiger charge is -2.18. The van der Waals surface area contributed by atoms with Crippen LogP contribution in [0, 0.1) is 17.7 Å². The molecule has 1 rings (SSSR count). The summed E-state index contributed by atoms with van der Waals surface area (Å²) in [6, 6.07) is 4.98. The molecule has 0 aliphatic heterocycles. The average molecular weight is 323 g/mol. The SMILES string of the molecule is CC(C)C(CBr)CS(=O)(=O)c1ccc(F)cc1. The van der Waals surface area contributed by atoms with Gasteiger partial charge in [-0.25, -0.2) is 12.8 Å². The quantitative estimate of drug-likeness (QED) is 0.616. The lowest BCUT2D eigenvalue weighted by Crippen LogP contribution is -2.22. The molecule has 0 fully saturated rings. The first-order chi connectivity index (χ1) is 7.86. The molecule has 0 amide bonds. The third kappa shape index (κ3) is 4.07. The summed E-state index contributed by atoms with van der Waals surface area (Å²) < 4.78 is 36.9. The molecule has 1 aromatic rings. The van der Waals surface area contributed by atoms with Gasteiger partial charge >= 0.3 is 0 Å². The Bertz CT molecular complexity index is 454. The van der Waals surface area contributed by atoms with Crippen molar-refractivity contribution in [2.75, 3.05) is 11.1 Å². The molecule has 5 heteroatoms. The number of hydrogen-bond donors (Lipinski definition) is 0. The zero-order chi connectivity index (χ0) is 13.1. The number of benzene rings is 1. The lowest BCUT2D eigenvalue weighted by atomic mass is 10.0. The van der Waals surface area contributed by atoms with E-state index in [9.17, 15) is 12.8 Å². The molecule has 0 N–H and O–H groups in total. The molecule has 2 nitrogen and oxygen atoms in total. The van der Waals surface area contributed by atoms with Crippen LogP contribution in [-0.4, -0.2) is 19.5 Å². The van der Waals surface area contributed by atoms with Crippen molar-refractivity contribution >= 4 is 25.8 Å². The van der Waals surface area contributed by atoms with Gasteiger partial charge in [0.25, 0.3) is 0 Å². The Labute approximate surface area is 110 Å². The summed E-state index contributed by atoms with van der Waals surface area (Å²) in [4.78, 5) is 0.186. The fourth-order valence-electron chi connectivity index (χ4n) is 1.44. The van der Waals surface area contributed by atoms with Crippen LogP contribution in [0.2, 0.25) is 0 Å². The Morgan fingerprint density at radius 2 is 1.76 bits per heavy atom. The molecule has 0 aliphatic carbocycles. The summed E-state index contributed by atoms with van der Waals surface area (Å²) in [6.45, 7) is 3.98. The molecule has 0 aliphatic rings. The number of rotatable bonds is 5. The van der Waals surface area contributed by atoms with Gasteiger partial charge in [-0.2, -0.15) is 0 Å². The van der Waals surface area contributed by atoms with Gasteiger partial charge in [0, 0.05) is 5.33 Å². The molecular weight excluding hydrogens is 307 g/mol. The van der Waals surface area contributed by atoms with Crippen LogP contribution in [0.4, 0.5) is 4.39 Å². The predicted molar refractivity (Wildman–Crippen MR) is 70.6 cm³/mol. The summed E-state index contributed by atoms with van der Waals surface area (Å²) in [5.74, 6) is 0.00108. The van der Waals surface area contributed by atoms with Crippen molar-refractivity contribution in [1.29, 1.82) is 0 Å². The summed E-state index contributed by atoms with van der Waals surface area (Å²) in [7, 11) is -3.33. The Morgan fingerprint density at radius 3 is 2.18 bits per heavy atom. The number of alkyl halides is 1. The zero-order valence-corrected chi connectivity index (χ0v) is 12.3. The molecule has 1 atom stereocenters. The van der Waals surface area contributed by atoms with Crippen molar-refractivity contribution in [2.45, 2.75) is 18.7 Å². The molecule has 0 bridgehead atoms. The maximum atomic E-state index is 12.7. The number of sulfone groups is 1. The molecule has 0 spiro atoms. The minimum absolute atomic E-state index is 0.0602. The predicted octanol–water partition coefficient (Wildman–Crippen LogP) is 3.27. The van der Waals surface area contributed by atoms with Gasteiger partial charge in [-0.05, 0) is 36.1 Å². The van der Waals surface area contributed by atoms with Crippen LogP contribution in [0.15, 0.2) is 29.2 Å². The molecule has 17 heavy (non-hydrogen) atoms. The van der Waals surface area contributed by atoms with Gasteiger partial charge in [0.2, 0.25) is 0 Å². The van der Waals surface area contributed by atoms with Gasteiger partial charge in [0.15, 0.2) is 9.84 Å². The molecule has 0 heterocycles. The highest BCUT2D eigenvalue weighted by Crippen LogP contribution is 2.21. The highest BCUT2D eigenvalue weighted by molar-refractivity contribution is 9.09. The highest BCUT2D eigenvalue weighted by Gasteiger charge is 2.22. The second kappa shape index (κ2) is 5.96. The van der Waals surface area contributed by atoms with E-state index in [0.29, 0.717) is 5.33 Å². The van der Waals surface area contributed by atoms with E-state index < -0.39 is 15.7 Å². The summed E-state index contributed by atoms with van der Waals surface area (Å²) in [5.41, 5.74) is 0. The van der Waals surface area contributed by atoms with E-state index in [1.807, 2.05) is 13.8 Å². The normalized spacial score (nSPS) is 13.9. The topological polar surface area (TPSA) is 34.1 Å². The van der Waals surface area contributed by atoms with E-state index in [1.54, 1.807) is 0 Å². The summed E-state index contributed by atoms with van der Waals surface area (Å²) in [6.07, 6.45) is 0. The lowest BCUT2D eigenvalue weighted by molar-refractivity contribution is 0.461. The first-order valence-electron chi connectivity index (χ1n) is 5.41.